The van der Waals surface area contributed by atoms with Crippen LogP contribution in [0.4, 0.5) is 0 Å². The molecule has 0 aliphatic carbocycles. The average molecular weight is 310 g/mol. The Kier molecular flexibility index (Phi) is 12.5. The first-order valence-electron chi connectivity index (χ1n) is 6.97. The molecular formula is C13H26O4S2. The minimum atomic E-state index is -0.0333. The monoisotopic (exact) mass is 310 g/mol. The van der Waals surface area contributed by atoms with Crippen LogP contribution in [0.1, 0.15) is 12.8 Å². The second-order valence-corrected chi connectivity index (χ2v) is 6.67. The van der Waals surface area contributed by atoms with Crippen LogP contribution in [-0.2, 0) is 14.2 Å². The summed E-state index contributed by atoms with van der Waals surface area (Å²) in [6.45, 7) is 3.99. The average Bonchev–Trinajstić information content (AvgIpc) is 2.44. The molecule has 0 spiro atoms. The Morgan fingerprint density at radius 3 is 2.32 bits per heavy atom. The van der Waals surface area contributed by atoms with Crippen LogP contribution in [0, 0.1) is 0 Å². The third-order valence-electron chi connectivity index (χ3n) is 2.62. The molecule has 1 rings (SSSR count). The van der Waals surface area contributed by atoms with E-state index in [-0.39, 0.29) is 12.7 Å². The molecule has 6 heteroatoms. The molecule has 0 saturated carbocycles. The van der Waals surface area contributed by atoms with Gasteiger partial charge in [-0.2, -0.15) is 23.5 Å². The van der Waals surface area contributed by atoms with Crippen molar-refractivity contribution in [1.29, 1.82) is 0 Å². The van der Waals surface area contributed by atoms with Crippen LogP contribution in [0.5, 0.6) is 0 Å². The van der Waals surface area contributed by atoms with Crippen molar-refractivity contribution >= 4 is 23.5 Å². The predicted molar refractivity (Wildman–Crippen MR) is 82.3 cm³/mol. The van der Waals surface area contributed by atoms with E-state index in [2.05, 4.69) is 0 Å². The Morgan fingerprint density at radius 1 is 0.842 bits per heavy atom. The van der Waals surface area contributed by atoms with Gasteiger partial charge in [-0.15, -0.1) is 0 Å². The molecule has 1 N–H and O–H groups in total. The Labute approximate surface area is 124 Å². The van der Waals surface area contributed by atoms with Crippen molar-refractivity contribution in [1.82, 2.24) is 0 Å². The minimum absolute atomic E-state index is 0.0333. The van der Waals surface area contributed by atoms with Crippen LogP contribution in [0.3, 0.4) is 0 Å². The molecule has 0 aromatic carbocycles. The fraction of sp³-hybridized carbons (Fsp3) is 1.00. The van der Waals surface area contributed by atoms with Crippen molar-refractivity contribution in [2.75, 3.05) is 62.7 Å². The van der Waals surface area contributed by atoms with Gasteiger partial charge in [-0.3, -0.25) is 0 Å². The number of hydrogen-bond donors (Lipinski definition) is 1. The molecule has 1 fully saturated rings. The summed E-state index contributed by atoms with van der Waals surface area (Å²) in [4.78, 5) is 0. The lowest BCUT2D eigenvalue weighted by atomic mass is 10.4. The number of ether oxygens (including phenoxy) is 3. The van der Waals surface area contributed by atoms with Crippen molar-refractivity contribution in [3.8, 4) is 0 Å². The van der Waals surface area contributed by atoms with E-state index in [1.807, 2.05) is 11.8 Å². The maximum atomic E-state index is 9.22. The molecule has 0 bridgehead atoms. The molecule has 1 aliphatic heterocycles. The summed E-state index contributed by atoms with van der Waals surface area (Å²) >= 11 is 3.68. The fourth-order valence-electron chi connectivity index (χ4n) is 1.58. The van der Waals surface area contributed by atoms with Crippen LogP contribution < -0.4 is 0 Å². The quantitative estimate of drug-likeness (QED) is 0.795. The van der Waals surface area contributed by atoms with Crippen molar-refractivity contribution in [2.24, 2.45) is 0 Å². The van der Waals surface area contributed by atoms with Crippen LogP contribution in [-0.4, -0.2) is 73.9 Å². The zero-order chi connectivity index (χ0) is 13.6. The van der Waals surface area contributed by atoms with Gasteiger partial charge in [0, 0.05) is 37.1 Å². The molecule has 0 radical (unpaired) electrons. The van der Waals surface area contributed by atoms with Gasteiger partial charge in [0.2, 0.25) is 0 Å². The third kappa shape index (κ3) is 10.9. The van der Waals surface area contributed by atoms with E-state index in [1.165, 1.54) is 0 Å². The predicted octanol–water partition coefficient (Wildman–Crippen LogP) is 1.66. The van der Waals surface area contributed by atoms with Crippen LogP contribution in [0.25, 0.3) is 0 Å². The number of aliphatic hydroxyl groups excluding tert-OH is 1. The second kappa shape index (κ2) is 13.5. The van der Waals surface area contributed by atoms with Crippen LogP contribution >= 0.6 is 23.5 Å². The van der Waals surface area contributed by atoms with Gasteiger partial charge in [0.1, 0.15) is 0 Å². The van der Waals surface area contributed by atoms with Gasteiger partial charge in [-0.05, 0) is 18.6 Å². The molecule has 114 valence electrons. The lowest BCUT2D eigenvalue weighted by Gasteiger charge is -2.15. The Bertz CT molecular complexity index is 177. The lowest BCUT2D eigenvalue weighted by Crippen LogP contribution is -2.22. The highest BCUT2D eigenvalue weighted by atomic mass is 32.2. The number of thioether (sulfide) groups is 2. The SMILES string of the molecule is OCC1CSCCOCCCOCCSCCCO1. The van der Waals surface area contributed by atoms with Gasteiger partial charge in [-0.1, -0.05) is 0 Å². The van der Waals surface area contributed by atoms with E-state index in [0.717, 1.165) is 68.9 Å². The maximum Gasteiger partial charge on any atom is 0.0895 e. The molecule has 1 heterocycles. The maximum absolute atomic E-state index is 9.22. The van der Waals surface area contributed by atoms with Crippen molar-refractivity contribution in [3.63, 3.8) is 0 Å². The van der Waals surface area contributed by atoms with Crippen LogP contribution in [0.15, 0.2) is 0 Å². The summed E-state index contributed by atoms with van der Waals surface area (Å²) < 4.78 is 16.7. The fourth-order valence-corrected chi connectivity index (χ4v) is 3.21. The lowest BCUT2D eigenvalue weighted by molar-refractivity contribution is 0.0287. The summed E-state index contributed by atoms with van der Waals surface area (Å²) in [5.74, 6) is 3.94. The van der Waals surface area contributed by atoms with E-state index in [1.54, 1.807) is 11.8 Å². The molecule has 0 amide bonds. The standard InChI is InChI=1S/C13H26O4S2/c14-11-13-12-19-10-7-16-4-1-3-15-6-9-18-8-2-5-17-13/h13-14H,1-12H2. The number of hydrogen-bond acceptors (Lipinski definition) is 6. The molecule has 0 aromatic rings. The van der Waals surface area contributed by atoms with Gasteiger partial charge in [0.15, 0.2) is 0 Å². The first-order chi connectivity index (χ1) is 9.43. The number of aliphatic hydroxyl groups is 1. The summed E-state index contributed by atoms with van der Waals surface area (Å²) in [6, 6.07) is 0. The summed E-state index contributed by atoms with van der Waals surface area (Å²) in [5.41, 5.74) is 0. The molecular weight excluding hydrogens is 284 g/mol. The smallest absolute Gasteiger partial charge is 0.0895 e. The van der Waals surface area contributed by atoms with E-state index < -0.39 is 0 Å². The summed E-state index contributed by atoms with van der Waals surface area (Å²) in [7, 11) is 0. The van der Waals surface area contributed by atoms with E-state index >= 15 is 0 Å². The molecule has 19 heavy (non-hydrogen) atoms. The zero-order valence-electron chi connectivity index (χ0n) is 11.6. The Morgan fingerprint density at radius 2 is 1.58 bits per heavy atom. The molecule has 1 unspecified atom stereocenters. The van der Waals surface area contributed by atoms with Crippen molar-refractivity contribution < 1.29 is 19.3 Å². The first-order valence-corrected chi connectivity index (χ1v) is 9.28. The normalized spacial score (nSPS) is 26.7. The Hall–Kier alpha value is 0.540. The van der Waals surface area contributed by atoms with Gasteiger partial charge in [0.25, 0.3) is 0 Å². The molecule has 1 aliphatic rings. The second-order valence-electron chi connectivity index (χ2n) is 4.29. The van der Waals surface area contributed by atoms with Gasteiger partial charge in [0.05, 0.1) is 25.9 Å². The largest absolute Gasteiger partial charge is 0.394 e. The zero-order valence-corrected chi connectivity index (χ0v) is 13.2. The van der Waals surface area contributed by atoms with Crippen LogP contribution in [0.2, 0.25) is 0 Å². The molecule has 1 atom stereocenters. The third-order valence-corrected chi connectivity index (χ3v) is 4.71. The van der Waals surface area contributed by atoms with E-state index in [4.69, 9.17) is 14.2 Å². The van der Waals surface area contributed by atoms with Gasteiger partial charge >= 0.3 is 0 Å². The summed E-state index contributed by atoms with van der Waals surface area (Å²) in [5, 5.41) is 9.22. The Balaban J connectivity index is 2.15. The first kappa shape index (κ1) is 17.6. The highest BCUT2D eigenvalue weighted by Gasteiger charge is 2.07. The number of rotatable bonds is 1. The van der Waals surface area contributed by atoms with E-state index in [0.29, 0.717) is 0 Å². The molecule has 0 aromatic heterocycles. The minimum Gasteiger partial charge on any atom is -0.394 e. The van der Waals surface area contributed by atoms with Gasteiger partial charge in [-0.25, -0.2) is 0 Å². The molecule has 1 saturated heterocycles. The summed E-state index contributed by atoms with van der Waals surface area (Å²) in [6.07, 6.45) is 1.97. The van der Waals surface area contributed by atoms with Crippen molar-refractivity contribution in [2.45, 2.75) is 18.9 Å². The van der Waals surface area contributed by atoms with Crippen molar-refractivity contribution in [3.05, 3.63) is 0 Å². The van der Waals surface area contributed by atoms with E-state index in [9.17, 15) is 5.11 Å². The molecule has 4 nitrogen and oxygen atoms in total. The topological polar surface area (TPSA) is 47.9 Å². The van der Waals surface area contributed by atoms with Gasteiger partial charge < -0.3 is 19.3 Å². The highest BCUT2D eigenvalue weighted by molar-refractivity contribution is 7.99. The highest BCUT2D eigenvalue weighted by Crippen LogP contribution is 2.08.